The summed E-state index contributed by atoms with van der Waals surface area (Å²) >= 11 is 5.80. The van der Waals surface area contributed by atoms with Gasteiger partial charge in [0.1, 0.15) is 18.2 Å². The minimum atomic E-state index is -0.740. The van der Waals surface area contributed by atoms with E-state index < -0.39 is 17.6 Å². The molecule has 104 valence electrons. The average Bonchev–Trinajstić information content (AvgIpc) is 2.41. The molecule has 2 aromatic rings. The average molecular weight is 298 g/mol. The maximum Gasteiger partial charge on any atom is 0.338 e. The molecule has 2 aromatic carbocycles. The second-order valence-corrected chi connectivity index (χ2v) is 4.42. The Hall–Kier alpha value is -2.14. The molecule has 0 saturated heterocycles. The van der Waals surface area contributed by atoms with Crippen LogP contribution in [0.25, 0.3) is 0 Å². The van der Waals surface area contributed by atoms with Gasteiger partial charge in [0.2, 0.25) is 0 Å². The maximum absolute atomic E-state index is 13.5. The fraction of sp³-hybridized carbons (Fsp3) is 0.0714. The Morgan fingerprint density at radius 3 is 2.60 bits per heavy atom. The van der Waals surface area contributed by atoms with Gasteiger partial charge in [-0.3, -0.25) is 0 Å². The number of ether oxygens (including phenoxy) is 1. The van der Waals surface area contributed by atoms with Crippen molar-refractivity contribution in [1.29, 1.82) is 0 Å². The molecule has 0 aromatic heterocycles. The van der Waals surface area contributed by atoms with Gasteiger partial charge in [-0.1, -0.05) is 17.7 Å². The number of benzene rings is 2. The Morgan fingerprint density at radius 2 is 1.95 bits per heavy atom. The summed E-state index contributed by atoms with van der Waals surface area (Å²) in [5.41, 5.74) is 5.35. The number of hydrogen-bond donors (Lipinski definition) is 1. The van der Waals surface area contributed by atoms with E-state index in [0.29, 0.717) is 0 Å². The van der Waals surface area contributed by atoms with E-state index in [4.69, 9.17) is 22.1 Å². The van der Waals surface area contributed by atoms with Gasteiger partial charge in [-0.15, -0.1) is 0 Å². The summed E-state index contributed by atoms with van der Waals surface area (Å²) in [6, 6.07) is 7.60. The summed E-state index contributed by atoms with van der Waals surface area (Å²) in [4.78, 5) is 11.7. The van der Waals surface area contributed by atoms with Crippen LogP contribution in [0.2, 0.25) is 5.02 Å². The minimum absolute atomic E-state index is 0.0800. The van der Waals surface area contributed by atoms with E-state index in [9.17, 15) is 13.6 Å². The summed E-state index contributed by atoms with van der Waals surface area (Å²) < 4.78 is 31.4. The van der Waals surface area contributed by atoms with Crippen LogP contribution in [0.5, 0.6) is 0 Å². The van der Waals surface area contributed by atoms with Crippen molar-refractivity contribution < 1.29 is 18.3 Å². The fourth-order valence-electron chi connectivity index (χ4n) is 1.56. The molecule has 3 nitrogen and oxygen atoms in total. The van der Waals surface area contributed by atoms with Crippen molar-refractivity contribution in [3.05, 3.63) is 64.2 Å². The van der Waals surface area contributed by atoms with Crippen LogP contribution < -0.4 is 5.73 Å². The highest BCUT2D eigenvalue weighted by atomic mass is 35.5. The van der Waals surface area contributed by atoms with Gasteiger partial charge in [-0.05, 0) is 30.3 Å². The maximum atomic E-state index is 13.5. The Balaban J connectivity index is 2.11. The molecule has 0 heterocycles. The number of hydrogen-bond acceptors (Lipinski definition) is 3. The van der Waals surface area contributed by atoms with E-state index in [1.165, 1.54) is 24.3 Å². The van der Waals surface area contributed by atoms with E-state index >= 15 is 0 Å². The number of nitrogen functional groups attached to an aromatic ring is 1. The summed E-state index contributed by atoms with van der Waals surface area (Å²) in [5, 5.41) is 0.163. The first-order valence-electron chi connectivity index (χ1n) is 5.64. The molecule has 0 atom stereocenters. The van der Waals surface area contributed by atoms with E-state index in [-0.39, 0.29) is 28.4 Å². The molecule has 2 rings (SSSR count). The monoisotopic (exact) mass is 297 g/mol. The van der Waals surface area contributed by atoms with Crippen molar-refractivity contribution in [3.63, 3.8) is 0 Å². The Kier molecular flexibility index (Phi) is 4.20. The lowest BCUT2D eigenvalue weighted by Gasteiger charge is -2.08. The molecule has 0 unspecified atom stereocenters. The Bertz CT molecular complexity index is 641. The molecular weight excluding hydrogens is 288 g/mol. The molecule has 20 heavy (non-hydrogen) atoms. The predicted octanol–water partition coefficient (Wildman–Crippen LogP) is 3.56. The molecule has 0 aliphatic rings. The summed E-state index contributed by atoms with van der Waals surface area (Å²) in [5.74, 6) is -1.93. The van der Waals surface area contributed by atoms with E-state index in [0.717, 1.165) is 12.1 Å². The number of nitrogens with two attached hydrogens (primary N) is 1. The summed E-state index contributed by atoms with van der Waals surface area (Å²) in [6.45, 7) is -0.318. The standard InChI is InChI=1S/C14H10ClF2NO2/c15-10-2-1-3-11(16)9(10)7-20-14(19)8-4-5-12(17)13(18)6-8/h1-6H,7,18H2. The van der Waals surface area contributed by atoms with Gasteiger partial charge in [-0.25, -0.2) is 13.6 Å². The van der Waals surface area contributed by atoms with Gasteiger partial charge in [0.25, 0.3) is 0 Å². The second kappa shape index (κ2) is 5.88. The Morgan fingerprint density at radius 1 is 1.20 bits per heavy atom. The van der Waals surface area contributed by atoms with Crippen molar-refractivity contribution >= 4 is 23.3 Å². The van der Waals surface area contributed by atoms with Gasteiger partial charge in [-0.2, -0.15) is 0 Å². The van der Waals surface area contributed by atoms with Crippen molar-refractivity contribution in [2.24, 2.45) is 0 Å². The van der Waals surface area contributed by atoms with Gasteiger partial charge in [0, 0.05) is 5.56 Å². The molecule has 0 fully saturated rings. The van der Waals surface area contributed by atoms with Crippen LogP contribution in [0.4, 0.5) is 14.5 Å². The molecule has 0 bridgehead atoms. The van der Waals surface area contributed by atoms with Crippen LogP contribution in [0.3, 0.4) is 0 Å². The third kappa shape index (κ3) is 3.05. The zero-order valence-corrected chi connectivity index (χ0v) is 11.0. The van der Waals surface area contributed by atoms with Crippen LogP contribution in [0, 0.1) is 11.6 Å². The number of esters is 1. The van der Waals surface area contributed by atoms with E-state index in [1.807, 2.05) is 0 Å². The van der Waals surface area contributed by atoms with Crippen molar-refractivity contribution in [1.82, 2.24) is 0 Å². The molecule has 0 amide bonds. The van der Waals surface area contributed by atoms with Gasteiger partial charge in [0.05, 0.1) is 16.3 Å². The summed E-state index contributed by atoms with van der Waals surface area (Å²) in [6.07, 6.45) is 0. The molecule has 6 heteroatoms. The summed E-state index contributed by atoms with van der Waals surface area (Å²) in [7, 11) is 0. The minimum Gasteiger partial charge on any atom is -0.457 e. The third-order valence-electron chi connectivity index (χ3n) is 2.64. The number of rotatable bonds is 3. The first kappa shape index (κ1) is 14.3. The lowest BCUT2D eigenvalue weighted by molar-refractivity contribution is 0.0469. The molecule has 0 saturated carbocycles. The second-order valence-electron chi connectivity index (χ2n) is 4.01. The van der Waals surface area contributed by atoms with Gasteiger partial charge < -0.3 is 10.5 Å². The number of carbonyl (C=O) groups is 1. The van der Waals surface area contributed by atoms with Gasteiger partial charge in [0.15, 0.2) is 0 Å². The molecule has 0 aliphatic carbocycles. The van der Waals surface area contributed by atoms with Crippen LogP contribution in [0.15, 0.2) is 36.4 Å². The van der Waals surface area contributed by atoms with Crippen molar-refractivity contribution in [2.45, 2.75) is 6.61 Å². The third-order valence-corrected chi connectivity index (χ3v) is 3.00. The largest absolute Gasteiger partial charge is 0.457 e. The molecule has 0 radical (unpaired) electrons. The molecule has 0 spiro atoms. The van der Waals surface area contributed by atoms with Gasteiger partial charge >= 0.3 is 5.97 Å². The molecular formula is C14H10ClF2NO2. The first-order valence-corrected chi connectivity index (χ1v) is 6.02. The normalized spacial score (nSPS) is 10.3. The highest BCUT2D eigenvalue weighted by Gasteiger charge is 2.13. The first-order chi connectivity index (χ1) is 9.49. The number of carbonyl (C=O) groups excluding carboxylic acids is 1. The lowest BCUT2D eigenvalue weighted by Crippen LogP contribution is -2.07. The smallest absolute Gasteiger partial charge is 0.338 e. The zero-order valence-electron chi connectivity index (χ0n) is 10.2. The van der Waals surface area contributed by atoms with Crippen molar-refractivity contribution in [2.75, 3.05) is 5.73 Å². The molecule has 0 aliphatic heterocycles. The van der Waals surface area contributed by atoms with Crippen LogP contribution in [-0.2, 0) is 11.3 Å². The highest BCUT2D eigenvalue weighted by molar-refractivity contribution is 6.31. The highest BCUT2D eigenvalue weighted by Crippen LogP contribution is 2.20. The topological polar surface area (TPSA) is 52.3 Å². The Labute approximate surface area is 118 Å². The quantitative estimate of drug-likeness (QED) is 0.696. The van der Waals surface area contributed by atoms with Crippen molar-refractivity contribution in [3.8, 4) is 0 Å². The van der Waals surface area contributed by atoms with E-state index in [2.05, 4.69) is 0 Å². The lowest BCUT2D eigenvalue weighted by atomic mass is 10.2. The number of anilines is 1. The van der Waals surface area contributed by atoms with Crippen LogP contribution in [0.1, 0.15) is 15.9 Å². The number of halogens is 3. The molecule has 2 N–H and O–H groups in total. The zero-order chi connectivity index (χ0) is 14.7. The SMILES string of the molecule is Nc1cc(C(=O)OCc2c(F)cccc2Cl)ccc1F. The fourth-order valence-corrected chi connectivity index (χ4v) is 1.78. The van der Waals surface area contributed by atoms with Crippen LogP contribution in [-0.4, -0.2) is 5.97 Å². The van der Waals surface area contributed by atoms with E-state index in [1.54, 1.807) is 0 Å². The predicted molar refractivity (Wildman–Crippen MR) is 71.3 cm³/mol. The van der Waals surface area contributed by atoms with Crippen LogP contribution >= 0.6 is 11.6 Å².